The fraction of sp³-hybridized carbons (Fsp3) is 0.441. The van der Waals surface area contributed by atoms with Gasteiger partial charge in [-0.15, -0.1) is 0 Å². The van der Waals surface area contributed by atoms with Crippen molar-refractivity contribution in [3.63, 3.8) is 0 Å². The number of fused-ring (bicyclic) bond motifs is 2. The number of nitrogens with zero attached hydrogens (tertiary/aromatic N) is 3. The van der Waals surface area contributed by atoms with Crippen molar-refractivity contribution in [2.24, 2.45) is 0 Å². The van der Waals surface area contributed by atoms with Gasteiger partial charge in [-0.3, -0.25) is 4.98 Å². The number of methoxy groups -OCH3 is 1. The van der Waals surface area contributed by atoms with E-state index in [1.165, 1.54) is 6.92 Å². The molecule has 0 saturated heterocycles. The third-order valence-electron chi connectivity index (χ3n) is 8.00. The highest BCUT2D eigenvalue weighted by atomic mass is 35.5. The van der Waals surface area contributed by atoms with Crippen LogP contribution in [0.4, 0.5) is 4.39 Å². The molecule has 1 N–H and O–H groups in total. The van der Waals surface area contributed by atoms with Crippen molar-refractivity contribution in [2.45, 2.75) is 77.8 Å². The van der Waals surface area contributed by atoms with E-state index in [1.54, 1.807) is 7.11 Å². The van der Waals surface area contributed by atoms with Crippen molar-refractivity contribution < 1.29 is 18.3 Å². The van der Waals surface area contributed by atoms with E-state index in [1.807, 2.05) is 24.4 Å². The predicted octanol–water partition coefficient (Wildman–Crippen LogP) is 8.96. The minimum Gasteiger partial charge on any atom is -0.494 e. The van der Waals surface area contributed by atoms with Gasteiger partial charge in [-0.1, -0.05) is 58.2 Å². The topological polar surface area (TPSA) is 82.3 Å². The van der Waals surface area contributed by atoms with Crippen molar-refractivity contribution in [3.05, 3.63) is 70.5 Å². The molecule has 43 heavy (non-hydrogen) atoms. The standard InChI is InChI=1S/C34H40ClFN4O3/c1-7-9-11-22(17-38-21(5)23-14-28(41-6)32-29(15-23)43-34(40-32)20(4)36)27-16-25-19(3)18-42-33(25)31(39-27)24-12-13-37-26(10-8-2)30(24)35/h12-16,19-20,22,38H,5,7-11,17-18H2,1-4,6H3. The second-order valence-corrected chi connectivity index (χ2v) is 11.7. The first kappa shape index (κ1) is 30.8. The van der Waals surface area contributed by atoms with Crippen LogP contribution in [0, 0.1) is 0 Å². The summed E-state index contributed by atoms with van der Waals surface area (Å²) >= 11 is 6.91. The maximum Gasteiger partial charge on any atom is 0.229 e. The number of aromatic nitrogens is 3. The molecule has 4 aromatic rings. The zero-order valence-corrected chi connectivity index (χ0v) is 26.4. The molecular weight excluding hydrogens is 567 g/mol. The van der Waals surface area contributed by atoms with E-state index in [-0.39, 0.29) is 17.7 Å². The second kappa shape index (κ2) is 13.3. The Kier molecular flexibility index (Phi) is 9.55. The van der Waals surface area contributed by atoms with Crippen LogP contribution in [-0.4, -0.2) is 35.2 Å². The van der Waals surface area contributed by atoms with Crippen LogP contribution in [0.1, 0.15) is 99.8 Å². The summed E-state index contributed by atoms with van der Waals surface area (Å²) < 4.78 is 31.3. The summed E-state index contributed by atoms with van der Waals surface area (Å²) in [6, 6.07) is 7.80. The monoisotopic (exact) mass is 606 g/mol. The lowest BCUT2D eigenvalue weighted by Crippen LogP contribution is -2.21. The number of rotatable bonds is 13. The number of benzene rings is 1. The number of oxazole rings is 1. The summed E-state index contributed by atoms with van der Waals surface area (Å²) in [4.78, 5) is 14.0. The largest absolute Gasteiger partial charge is 0.494 e. The number of aryl methyl sites for hydroxylation is 1. The minimum atomic E-state index is -1.32. The zero-order chi connectivity index (χ0) is 30.7. The van der Waals surface area contributed by atoms with E-state index in [0.29, 0.717) is 40.7 Å². The SMILES string of the molecule is C=C(NCC(CCCC)c1cc2c(c(-c3ccnc(CCC)c3Cl)n1)OCC2C)c1cc(OC)c2nc(C(C)F)oc2c1. The summed E-state index contributed by atoms with van der Waals surface area (Å²) in [6.45, 7) is 13.4. The Morgan fingerprint density at radius 3 is 2.77 bits per heavy atom. The third kappa shape index (κ3) is 6.35. The first-order valence-corrected chi connectivity index (χ1v) is 15.5. The van der Waals surface area contributed by atoms with Gasteiger partial charge in [0.05, 0.1) is 24.4 Å². The van der Waals surface area contributed by atoms with E-state index < -0.39 is 6.17 Å². The number of pyridine rings is 2. The normalized spacial score (nSPS) is 15.7. The summed E-state index contributed by atoms with van der Waals surface area (Å²) in [5, 5.41) is 4.17. The first-order valence-electron chi connectivity index (χ1n) is 15.1. The molecule has 1 aromatic carbocycles. The number of nitrogens with one attached hydrogen (secondary N) is 1. The van der Waals surface area contributed by atoms with Gasteiger partial charge in [0.2, 0.25) is 5.89 Å². The summed E-state index contributed by atoms with van der Waals surface area (Å²) in [5.41, 5.74) is 7.09. The number of ether oxygens (including phenoxy) is 2. The van der Waals surface area contributed by atoms with E-state index in [4.69, 9.17) is 30.5 Å². The molecule has 3 atom stereocenters. The van der Waals surface area contributed by atoms with E-state index in [2.05, 4.69) is 48.7 Å². The quantitative estimate of drug-likeness (QED) is 0.163. The van der Waals surface area contributed by atoms with Gasteiger partial charge in [-0.2, -0.15) is 0 Å². The number of halogens is 2. The van der Waals surface area contributed by atoms with Crippen molar-refractivity contribution in [1.29, 1.82) is 0 Å². The Morgan fingerprint density at radius 1 is 1.23 bits per heavy atom. The molecule has 228 valence electrons. The number of alkyl halides is 1. The molecule has 0 bridgehead atoms. The smallest absolute Gasteiger partial charge is 0.229 e. The minimum absolute atomic E-state index is 0.0245. The molecule has 0 spiro atoms. The van der Waals surface area contributed by atoms with Crippen LogP contribution >= 0.6 is 11.6 Å². The molecule has 5 rings (SSSR count). The molecule has 3 aromatic heterocycles. The first-order chi connectivity index (χ1) is 20.7. The molecule has 9 heteroatoms. The lowest BCUT2D eigenvalue weighted by atomic mass is 9.92. The Bertz CT molecular complexity index is 1620. The van der Waals surface area contributed by atoms with Crippen molar-refractivity contribution in [1.82, 2.24) is 20.3 Å². The molecule has 0 saturated carbocycles. The maximum absolute atomic E-state index is 13.9. The van der Waals surface area contributed by atoms with Gasteiger partial charge in [-0.05, 0) is 44.0 Å². The third-order valence-corrected chi connectivity index (χ3v) is 8.43. The molecule has 0 radical (unpaired) electrons. The van der Waals surface area contributed by atoms with Gasteiger partial charge in [0.15, 0.2) is 17.3 Å². The number of unbranched alkanes of at least 4 members (excludes halogenated alkanes) is 1. The van der Waals surface area contributed by atoms with Crippen LogP contribution in [0.2, 0.25) is 5.02 Å². The number of hydrogen-bond donors (Lipinski definition) is 1. The van der Waals surface area contributed by atoms with Crippen LogP contribution < -0.4 is 14.8 Å². The highest BCUT2D eigenvalue weighted by molar-refractivity contribution is 6.34. The van der Waals surface area contributed by atoms with Crippen molar-refractivity contribution in [3.8, 4) is 22.8 Å². The Labute approximate surface area is 257 Å². The Morgan fingerprint density at radius 2 is 2.05 bits per heavy atom. The Balaban J connectivity index is 1.47. The zero-order valence-electron chi connectivity index (χ0n) is 25.6. The van der Waals surface area contributed by atoms with Crippen LogP contribution in [0.25, 0.3) is 28.1 Å². The average Bonchev–Trinajstić information content (AvgIpc) is 3.61. The summed E-state index contributed by atoms with van der Waals surface area (Å²) in [6.07, 6.45) is 5.31. The van der Waals surface area contributed by atoms with Gasteiger partial charge >= 0.3 is 0 Å². The predicted molar refractivity (Wildman–Crippen MR) is 170 cm³/mol. The van der Waals surface area contributed by atoms with Crippen molar-refractivity contribution >= 4 is 28.4 Å². The lowest BCUT2D eigenvalue weighted by Gasteiger charge is -2.21. The highest BCUT2D eigenvalue weighted by Gasteiger charge is 2.29. The Hall–Kier alpha value is -3.65. The van der Waals surface area contributed by atoms with Crippen LogP contribution in [0.3, 0.4) is 0 Å². The molecule has 0 aliphatic carbocycles. The van der Waals surface area contributed by atoms with Gasteiger partial charge in [-0.25, -0.2) is 14.4 Å². The summed E-state index contributed by atoms with van der Waals surface area (Å²) in [7, 11) is 1.56. The van der Waals surface area contributed by atoms with Crippen LogP contribution in [0.5, 0.6) is 11.5 Å². The molecular formula is C34H40ClFN4O3. The molecule has 3 unspecified atom stereocenters. The lowest BCUT2D eigenvalue weighted by molar-refractivity contribution is 0.306. The molecule has 1 aliphatic rings. The van der Waals surface area contributed by atoms with Gasteiger partial charge in [0.1, 0.15) is 17.2 Å². The average molecular weight is 607 g/mol. The maximum atomic E-state index is 13.9. The van der Waals surface area contributed by atoms with Gasteiger partial charge < -0.3 is 19.2 Å². The van der Waals surface area contributed by atoms with E-state index >= 15 is 0 Å². The number of hydrogen-bond acceptors (Lipinski definition) is 7. The summed E-state index contributed by atoms with van der Waals surface area (Å²) in [5.74, 6) is 1.70. The molecule has 0 fully saturated rings. The van der Waals surface area contributed by atoms with E-state index in [0.717, 1.165) is 71.6 Å². The fourth-order valence-corrected chi connectivity index (χ4v) is 5.83. The van der Waals surface area contributed by atoms with Gasteiger partial charge in [0.25, 0.3) is 0 Å². The van der Waals surface area contributed by atoms with E-state index in [9.17, 15) is 4.39 Å². The van der Waals surface area contributed by atoms with Crippen molar-refractivity contribution in [2.75, 3.05) is 20.3 Å². The van der Waals surface area contributed by atoms with Gasteiger partial charge in [0, 0.05) is 52.7 Å². The molecule has 4 heterocycles. The van der Waals surface area contributed by atoms with Crippen LogP contribution in [-0.2, 0) is 6.42 Å². The molecule has 7 nitrogen and oxygen atoms in total. The van der Waals surface area contributed by atoms with Crippen LogP contribution in [0.15, 0.2) is 41.5 Å². The fourth-order valence-electron chi connectivity index (χ4n) is 5.53. The second-order valence-electron chi connectivity index (χ2n) is 11.3. The molecule has 1 aliphatic heterocycles. The molecule has 0 amide bonds. The highest BCUT2D eigenvalue weighted by Crippen LogP contribution is 2.44.